The lowest BCUT2D eigenvalue weighted by atomic mass is 10.1. The average Bonchev–Trinajstić information content (AvgIpc) is 3.64. The van der Waals surface area contributed by atoms with E-state index >= 15 is 0 Å². The fourth-order valence-corrected chi connectivity index (χ4v) is 3.64. The smallest absolute Gasteiger partial charge is 0.344 e. The number of hydrogen-bond acceptors (Lipinski definition) is 4. The standard InChI is InChI=1S/C25H23F3N4O3/c1-14-13-21(33)22(31-32(14)20-6-4-3-5-19(20)25(26,27)28)24(35)29-15(2)16-9-11-18(12-10-16)30-23(34)17-7-8-17/h3-6,9-13,15,17H,7-8H2,1-2H3,(H,29,35)(H,30,34). The highest BCUT2D eigenvalue weighted by Gasteiger charge is 2.34. The molecule has 2 aromatic carbocycles. The zero-order valence-corrected chi connectivity index (χ0v) is 19.0. The second-order valence-electron chi connectivity index (χ2n) is 8.51. The maximum absolute atomic E-state index is 13.5. The van der Waals surface area contributed by atoms with Crippen LogP contribution in [0.25, 0.3) is 5.69 Å². The van der Waals surface area contributed by atoms with Gasteiger partial charge >= 0.3 is 6.18 Å². The molecule has 1 unspecified atom stereocenters. The summed E-state index contributed by atoms with van der Waals surface area (Å²) in [6.07, 6.45) is -2.86. The number of nitrogens with zero attached hydrogens (tertiary/aromatic N) is 2. The molecule has 3 aromatic rings. The van der Waals surface area contributed by atoms with Crippen molar-refractivity contribution in [1.82, 2.24) is 15.1 Å². The van der Waals surface area contributed by atoms with E-state index in [1.165, 1.54) is 25.1 Å². The SMILES string of the molecule is Cc1cc(=O)c(C(=O)NC(C)c2ccc(NC(=O)C3CC3)cc2)nn1-c1ccccc1C(F)(F)F. The summed E-state index contributed by atoms with van der Waals surface area (Å²) in [5.41, 5.74) is -0.955. The Morgan fingerprint density at radius 3 is 2.37 bits per heavy atom. The third-order valence-corrected chi connectivity index (χ3v) is 5.73. The van der Waals surface area contributed by atoms with E-state index in [1.807, 2.05) is 0 Å². The molecule has 1 heterocycles. The summed E-state index contributed by atoms with van der Waals surface area (Å²) in [6, 6.07) is 12.2. The quantitative estimate of drug-likeness (QED) is 0.543. The van der Waals surface area contributed by atoms with Crippen LogP contribution in [-0.4, -0.2) is 21.6 Å². The molecule has 1 saturated carbocycles. The number of benzene rings is 2. The maximum atomic E-state index is 13.5. The van der Waals surface area contributed by atoms with Crippen LogP contribution in [0, 0.1) is 12.8 Å². The summed E-state index contributed by atoms with van der Waals surface area (Å²) in [5.74, 6) is -0.762. The Bertz CT molecular complexity index is 1330. The molecule has 7 nitrogen and oxygen atoms in total. The highest BCUT2D eigenvalue weighted by atomic mass is 19.4. The summed E-state index contributed by atoms with van der Waals surface area (Å²) < 4.78 is 41.4. The number of carbonyl (C=O) groups excluding carboxylic acids is 2. The van der Waals surface area contributed by atoms with E-state index in [0.717, 1.165) is 29.7 Å². The molecule has 1 fully saturated rings. The average molecular weight is 484 g/mol. The molecule has 182 valence electrons. The van der Waals surface area contributed by atoms with Crippen LogP contribution in [0.2, 0.25) is 0 Å². The van der Waals surface area contributed by atoms with Crippen LogP contribution < -0.4 is 16.1 Å². The molecule has 10 heteroatoms. The molecular formula is C25H23F3N4O3. The van der Waals surface area contributed by atoms with Gasteiger partial charge in [-0.2, -0.15) is 18.3 Å². The number of aromatic nitrogens is 2. The number of alkyl halides is 3. The van der Waals surface area contributed by atoms with Gasteiger partial charge < -0.3 is 10.6 Å². The molecule has 1 aliphatic carbocycles. The fraction of sp³-hybridized carbons (Fsp3) is 0.280. The lowest BCUT2D eigenvalue weighted by Gasteiger charge is -2.18. The van der Waals surface area contributed by atoms with Gasteiger partial charge in [0.1, 0.15) is 0 Å². The van der Waals surface area contributed by atoms with Crippen molar-refractivity contribution in [2.24, 2.45) is 5.92 Å². The molecule has 2 N–H and O–H groups in total. The zero-order valence-electron chi connectivity index (χ0n) is 19.0. The van der Waals surface area contributed by atoms with Crippen LogP contribution in [0.5, 0.6) is 0 Å². The number of hydrogen-bond donors (Lipinski definition) is 2. The van der Waals surface area contributed by atoms with Crippen molar-refractivity contribution >= 4 is 17.5 Å². The first-order valence-electron chi connectivity index (χ1n) is 11.0. The molecule has 0 aliphatic heterocycles. The van der Waals surface area contributed by atoms with Crippen molar-refractivity contribution in [2.45, 2.75) is 38.9 Å². The third-order valence-electron chi connectivity index (χ3n) is 5.73. The Morgan fingerprint density at radius 2 is 1.74 bits per heavy atom. The van der Waals surface area contributed by atoms with Gasteiger partial charge in [-0.3, -0.25) is 14.4 Å². The first kappa shape index (κ1) is 24.2. The fourth-order valence-electron chi connectivity index (χ4n) is 3.64. The normalized spacial score (nSPS) is 14.3. The van der Waals surface area contributed by atoms with E-state index in [1.54, 1.807) is 31.2 Å². The molecule has 0 spiro atoms. The molecule has 1 aliphatic rings. The van der Waals surface area contributed by atoms with Crippen LogP contribution >= 0.6 is 0 Å². The second-order valence-corrected chi connectivity index (χ2v) is 8.51. The topological polar surface area (TPSA) is 93.1 Å². The second kappa shape index (κ2) is 9.36. The summed E-state index contributed by atoms with van der Waals surface area (Å²) in [6.45, 7) is 3.14. The van der Waals surface area contributed by atoms with E-state index < -0.39 is 34.8 Å². The third kappa shape index (κ3) is 5.42. The number of nitrogens with one attached hydrogen (secondary N) is 2. The lowest BCUT2D eigenvalue weighted by Crippen LogP contribution is -2.33. The number of para-hydroxylation sites is 1. The number of amides is 2. The van der Waals surface area contributed by atoms with Gasteiger partial charge in [0, 0.05) is 23.4 Å². The van der Waals surface area contributed by atoms with Gasteiger partial charge in [0.05, 0.1) is 17.3 Å². The van der Waals surface area contributed by atoms with E-state index in [4.69, 9.17) is 0 Å². The maximum Gasteiger partial charge on any atom is 0.418 e. The molecule has 0 bridgehead atoms. The van der Waals surface area contributed by atoms with Gasteiger partial charge in [-0.1, -0.05) is 24.3 Å². The molecule has 1 aromatic heterocycles. The molecule has 35 heavy (non-hydrogen) atoms. The van der Waals surface area contributed by atoms with Crippen LogP contribution in [0.15, 0.2) is 59.4 Å². The van der Waals surface area contributed by atoms with E-state index in [0.29, 0.717) is 11.3 Å². The Hall–Kier alpha value is -3.95. The van der Waals surface area contributed by atoms with E-state index in [9.17, 15) is 27.6 Å². The number of aryl methyl sites for hydroxylation is 1. The van der Waals surface area contributed by atoms with Gasteiger partial charge in [-0.15, -0.1) is 0 Å². The largest absolute Gasteiger partial charge is 0.418 e. The van der Waals surface area contributed by atoms with Crippen LogP contribution in [0.3, 0.4) is 0 Å². The summed E-state index contributed by atoms with van der Waals surface area (Å²) in [4.78, 5) is 37.2. The van der Waals surface area contributed by atoms with Gasteiger partial charge in [0.15, 0.2) is 5.69 Å². The number of halogens is 3. The number of carbonyl (C=O) groups is 2. The van der Waals surface area contributed by atoms with E-state index in [2.05, 4.69) is 15.7 Å². The molecule has 0 radical (unpaired) electrons. The van der Waals surface area contributed by atoms with Crippen molar-refractivity contribution < 1.29 is 22.8 Å². The predicted octanol–water partition coefficient (Wildman–Crippen LogP) is 4.40. The van der Waals surface area contributed by atoms with Crippen LogP contribution in [0.1, 0.15) is 53.1 Å². The molecule has 1 atom stereocenters. The highest BCUT2D eigenvalue weighted by Crippen LogP contribution is 2.33. The van der Waals surface area contributed by atoms with Crippen molar-refractivity contribution in [3.05, 3.63) is 87.3 Å². The Labute approximate surface area is 199 Å². The van der Waals surface area contributed by atoms with Crippen LogP contribution in [-0.2, 0) is 11.0 Å². The highest BCUT2D eigenvalue weighted by molar-refractivity contribution is 5.94. The summed E-state index contributed by atoms with van der Waals surface area (Å²) in [5, 5.41) is 9.46. The lowest BCUT2D eigenvalue weighted by molar-refractivity contribution is -0.137. The van der Waals surface area contributed by atoms with Gasteiger partial charge in [-0.25, -0.2) is 4.68 Å². The minimum Gasteiger partial charge on any atom is -0.344 e. The summed E-state index contributed by atoms with van der Waals surface area (Å²) in [7, 11) is 0. The number of rotatable bonds is 6. The van der Waals surface area contributed by atoms with Gasteiger partial charge in [0.2, 0.25) is 11.3 Å². The first-order valence-corrected chi connectivity index (χ1v) is 11.0. The Balaban J connectivity index is 1.55. The van der Waals surface area contributed by atoms with Crippen molar-refractivity contribution in [3.63, 3.8) is 0 Å². The van der Waals surface area contributed by atoms with Gasteiger partial charge in [0.25, 0.3) is 5.91 Å². The van der Waals surface area contributed by atoms with Crippen molar-refractivity contribution in [3.8, 4) is 5.69 Å². The van der Waals surface area contributed by atoms with E-state index in [-0.39, 0.29) is 23.2 Å². The predicted molar refractivity (Wildman–Crippen MR) is 123 cm³/mol. The number of anilines is 1. The Kier molecular flexibility index (Phi) is 6.47. The monoisotopic (exact) mass is 484 g/mol. The summed E-state index contributed by atoms with van der Waals surface area (Å²) >= 11 is 0. The molecule has 4 rings (SSSR count). The molecular weight excluding hydrogens is 461 g/mol. The van der Waals surface area contributed by atoms with Crippen molar-refractivity contribution in [2.75, 3.05) is 5.32 Å². The van der Waals surface area contributed by atoms with Crippen LogP contribution in [0.4, 0.5) is 18.9 Å². The minimum absolute atomic E-state index is 0.0204. The zero-order chi connectivity index (χ0) is 25.3. The molecule has 0 saturated heterocycles. The van der Waals surface area contributed by atoms with Crippen molar-refractivity contribution in [1.29, 1.82) is 0 Å². The minimum atomic E-state index is -4.64. The molecule has 2 amide bonds. The first-order chi connectivity index (χ1) is 16.5. The van der Waals surface area contributed by atoms with Gasteiger partial charge in [-0.05, 0) is 56.5 Å². The Morgan fingerprint density at radius 1 is 1.09 bits per heavy atom.